The maximum atomic E-state index is 12.3. The molecule has 124 valence electrons. The van der Waals surface area contributed by atoms with Crippen molar-refractivity contribution in [2.24, 2.45) is 5.92 Å². The van der Waals surface area contributed by atoms with Gasteiger partial charge in [-0.05, 0) is 57.8 Å². The van der Waals surface area contributed by atoms with Gasteiger partial charge in [0.1, 0.15) is 0 Å². The zero-order valence-corrected chi connectivity index (χ0v) is 15.4. The minimum Gasteiger partial charge on any atom is -0.342 e. The first-order valence-corrected chi connectivity index (χ1v) is 8.71. The molecule has 0 aromatic heterocycles. The topological polar surface area (TPSA) is 32.3 Å². The van der Waals surface area contributed by atoms with Gasteiger partial charge in [-0.1, -0.05) is 17.7 Å². The van der Waals surface area contributed by atoms with Gasteiger partial charge in [-0.25, -0.2) is 0 Å². The molecule has 2 rings (SSSR count). The molecule has 1 aromatic rings. The summed E-state index contributed by atoms with van der Waals surface area (Å²) in [6.45, 7) is 7.10. The number of benzene rings is 1. The van der Waals surface area contributed by atoms with Crippen LogP contribution in [0.1, 0.15) is 24.0 Å². The van der Waals surface area contributed by atoms with Gasteiger partial charge in [-0.3, -0.25) is 4.79 Å². The van der Waals surface area contributed by atoms with Crippen molar-refractivity contribution in [3.8, 4) is 0 Å². The number of nitrogens with one attached hydrogen (secondary N) is 1. The molecule has 1 aliphatic rings. The number of carbonyl (C=O) groups is 1. The van der Waals surface area contributed by atoms with Crippen molar-refractivity contribution >= 4 is 30.1 Å². The van der Waals surface area contributed by atoms with Crippen LogP contribution in [0.3, 0.4) is 0 Å². The second-order valence-corrected chi connectivity index (χ2v) is 6.96. The SMILES string of the molecule is CNCC1CCN(C(=O)CSc2cc(C)ccc2C)CC1.Cl. The number of hydrogen-bond donors (Lipinski definition) is 1. The van der Waals surface area contributed by atoms with Crippen molar-refractivity contribution in [2.75, 3.05) is 32.4 Å². The molecule has 0 saturated carbocycles. The van der Waals surface area contributed by atoms with Crippen LogP contribution in [0.5, 0.6) is 0 Å². The molecule has 1 fully saturated rings. The van der Waals surface area contributed by atoms with Crippen LogP contribution in [0.2, 0.25) is 0 Å². The average Bonchev–Trinajstić information content (AvgIpc) is 2.49. The van der Waals surface area contributed by atoms with Crippen LogP contribution in [0.4, 0.5) is 0 Å². The molecular formula is C17H27ClN2OS. The average molecular weight is 343 g/mol. The smallest absolute Gasteiger partial charge is 0.232 e. The third-order valence-corrected chi connectivity index (χ3v) is 5.30. The van der Waals surface area contributed by atoms with E-state index < -0.39 is 0 Å². The number of halogens is 1. The fourth-order valence-corrected chi connectivity index (χ4v) is 3.80. The van der Waals surface area contributed by atoms with Crippen LogP contribution in [0.25, 0.3) is 0 Å². The zero-order chi connectivity index (χ0) is 15.2. The van der Waals surface area contributed by atoms with Gasteiger partial charge in [-0.2, -0.15) is 0 Å². The second-order valence-electron chi connectivity index (χ2n) is 5.94. The van der Waals surface area contributed by atoms with Gasteiger partial charge in [-0.15, -0.1) is 24.2 Å². The summed E-state index contributed by atoms with van der Waals surface area (Å²) < 4.78 is 0. The Morgan fingerprint density at radius 3 is 2.64 bits per heavy atom. The number of nitrogens with zero attached hydrogens (tertiary/aromatic N) is 1. The van der Waals surface area contributed by atoms with Crippen molar-refractivity contribution in [2.45, 2.75) is 31.6 Å². The molecule has 5 heteroatoms. The zero-order valence-electron chi connectivity index (χ0n) is 13.7. The second kappa shape index (κ2) is 9.43. The Bertz CT molecular complexity index is 488. The lowest BCUT2D eigenvalue weighted by Crippen LogP contribution is -2.41. The quantitative estimate of drug-likeness (QED) is 0.833. The van der Waals surface area contributed by atoms with E-state index in [4.69, 9.17) is 0 Å². The van der Waals surface area contributed by atoms with E-state index in [9.17, 15) is 4.79 Å². The molecule has 0 atom stereocenters. The Labute approximate surface area is 144 Å². The predicted octanol–water partition coefficient (Wildman–Crippen LogP) is 3.28. The number of amides is 1. The van der Waals surface area contributed by atoms with Gasteiger partial charge in [0.2, 0.25) is 5.91 Å². The number of rotatable bonds is 5. The first kappa shape index (κ1) is 19.3. The van der Waals surface area contributed by atoms with E-state index in [-0.39, 0.29) is 18.3 Å². The highest BCUT2D eigenvalue weighted by atomic mass is 35.5. The first-order chi connectivity index (χ1) is 10.1. The molecule has 1 heterocycles. The highest BCUT2D eigenvalue weighted by Crippen LogP contribution is 2.25. The largest absolute Gasteiger partial charge is 0.342 e. The molecular weight excluding hydrogens is 316 g/mol. The lowest BCUT2D eigenvalue weighted by atomic mass is 9.97. The molecule has 1 saturated heterocycles. The standard InChI is InChI=1S/C17H26N2OS.ClH/c1-13-4-5-14(2)16(10-13)21-12-17(20)19-8-6-15(7-9-19)11-18-3;/h4-5,10,15,18H,6-9,11-12H2,1-3H3;1H. The molecule has 1 N–H and O–H groups in total. The molecule has 0 aliphatic carbocycles. The number of hydrogen-bond acceptors (Lipinski definition) is 3. The summed E-state index contributed by atoms with van der Waals surface area (Å²) in [4.78, 5) is 15.6. The molecule has 3 nitrogen and oxygen atoms in total. The lowest BCUT2D eigenvalue weighted by molar-refractivity contribution is -0.129. The van der Waals surface area contributed by atoms with Gasteiger partial charge in [0.15, 0.2) is 0 Å². The van der Waals surface area contributed by atoms with Crippen LogP contribution in [0.15, 0.2) is 23.1 Å². The Morgan fingerprint density at radius 2 is 2.00 bits per heavy atom. The van der Waals surface area contributed by atoms with E-state index in [1.54, 1.807) is 11.8 Å². The normalized spacial score (nSPS) is 15.5. The van der Waals surface area contributed by atoms with Gasteiger partial charge in [0.25, 0.3) is 0 Å². The van der Waals surface area contributed by atoms with Crippen LogP contribution >= 0.6 is 24.2 Å². The summed E-state index contributed by atoms with van der Waals surface area (Å²) >= 11 is 1.67. The monoisotopic (exact) mass is 342 g/mol. The summed E-state index contributed by atoms with van der Waals surface area (Å²) in [7, 11) is 2.00. The Morgan fingerprint density at radius 1 is 1.32 bits per heavy atom. The fourth-order valence-electron chi connectivity index (χ4n) is 2.77. The van der Waals surface area contributed by atoms with Crippen LogP contribution < -0.4 is 5.32 Å². The number of carbonyl (C=O) groups excluding carboxylic acids is 1. The lowest BCUT2D eigenvalue weighted by Gasteiger charge is -2.32. The minimum atomic E-state index is 0. The van der Waals surface area contributed by atoms with Crippen LogP contribution in [0, 0.1) is 19.8 Å². The Hall–Kier alpha value is -0.710. The summed E-state index contributed by atoms with van der Waals surface area (Å²) in [5.41, 5.74) is 2.51. The molecule has 0 radical (unpaired) electrons. The third-order valence-electron chi connectivity index (χ3n) is 4.15. The van der Waals surface area contributed by atoms with Gasteiger partial charge in [0.05, 0.1) is 5.75 Å². The number of piperidine rings is 1. The third kappa shape index (κ3) is 5.49. The van der Waals surface area contributed by atoms with Crippen molar-refractivity contribution in [1.29, 1.82) is 0 Å². The number of likely N-dealkylation sites (tertiary alicyclic amines) is 1. The summed E-state index contributed by atoms with van der Waals surface area (Å²) in [5.74, 6) is 1.57. The Balaban J connectivity index is 0.00000242. The summed E-state index contributed by atoms with van der Waals surface area (Å²) in [6, 6.07) is 6.42. The van der Waals surface area contributed by atoms with Crippen molar-refractivity contribution in [3.05, 3.63) is 29.3 Å². The fraction of sp³-hybridized carbons (Fsp3) is 0.588. The molecule has 0 spiro atoms. The summed E-state index contributed by atoms with van der Waals surface area (Å²) in [5, 5.41) is 3.23. The Kier molecular flexibility index (Phi) is 8.29. The minimum absolute atomic E-state index is 0. The van der Waals surface area contributed by atoms with E-state index in [2.05, 4.69) is 37.4 Å². The van der Waals surface area contributed by atoms with E-state index in [1.807, 2.05) is 11.9 Å². The van der Waals surface area contributed by atoms with E-state index in [0.717, 1.165) is 38.4 Å². The number of aryl methyl sites for hydroxylation is 2. The van der Waals surface area contributed by atoms with Gasteiger partial charge in [0, 0.05) is 18.0 Å². The first-order valence-electron chi connectivity index (χ1n) is 7.72. The van der Waals surface area contributed by atoms with E-state index in [0.29, 0.717) is 5.75 Å². The molecule has 1 aliphatic heterocycles. The molecule has 22 heavy (non-hydrogen) atoms. The molecule has 1 aromatic carbocycles. The van der Waals surface area contributed by atoms with Crippen molar-refractivity contribution in [1.82, 2.24) is 10.2 Å². The predicted molar refractivity (Wildman–Crippen MR) is 97.1 cm³/mol. The maximum Gasteiger partial charge on any atom is 0.232 e. The van der Waals surface area contributed by atoms with Gasteiger partial charge < -0.3 is 10.2 Å². The molecule has 0 unspecified atom stereocenters. The van der Waals surface area contributed by atoms with Crippen LogP contribution in [-0.4, -0.2) is 43.2 Å². The number of thioether (sulfide) groups is 1. The van der Waals surface area contributed by atoms with E-state index in [1.165, 1.54) is 16.0 Å². The van der Waals surface area contributed by atoms with Crippen molar-refractivity contribution in [3.63, 3.8) is 0 Å². The maximum absolute atomic E-state index is 12.3. The molecule has 1 amide bonds. The summed E-state index contributed by atoms with van der Waals surface area (Å²) in [6.07, 6.45) is 2.25. The molecule has 0 bridgehead atoms. The van der Waals surface area contributed by atoms with Gasteiger partial charge >= 0.3 is 0 Å². The highest BCUT2D eigenvalue weighted by Gasteiger charge is 2.22. The van der Waals surface area contributed by atoms with E-state index >= 15 is 0 Å². The van der Waals surface area contributed by atoms with Crippen molar-refractivity contribution < 1.29 is 4.79 Å². The highest BCUT2D eigenvalue weighted by molar-refractivity contribution is 8.00. The van der Waals surface area contributed by atoms with Crippen LogP contribution in [-0.2, 0) is 4.79 Å².